The van der Waals surface area contributed by atoms with Crippen LogP contribution in [-0.4, -0.2) is 17.5 Å². The summed E-state index contributed by atoms with van der Waals surface area (Å²) in [5, 5.41) is 1.25. The lowest BCUT2D eigenvalue weighted by molar-refractivity contribution is 0.0600. The Bertz CT molecular complexity index is 899. The first-order valence-electron chi connectivity index (χ1n) is 7.12. The molecule has 0 unspecified atom stereocenters. The second kappa shape index (κ2) is 6.26. The number of aromatic nitrogens is 1. The maximum absolute atomic E-state index is 11.8. The molecule has 5 heteroatoms. The van der Waals surface area contributed by atoms with E-state index in [4.69, 9.17) is 27.9 Å². The van der Waals surface area contributed by atoms with E-state index >= 15 is 0 Å². The zero-order chi connectivity index (χ0) is 16.6. The molecule has 0 aliphatic carbocycles. The maximum atomic E-state index is 11.8. The highest BCUT2D eigenvalue weighted by atomic mass is 35.5. The Morgan fingerprint density at radius 1 is 1.17 bits per heavy atom. The molecule has 2 heterocycles. The summed E-state index contributed by atoms with van der Waals surface area (Å²) in [6, 6.07) is 11.2. The van der Waals surface area contributed by atoms with Crippen LogP contribution in [-0.2, 0) is 11.2 Å². The van der Waals surface area contributed by atoms with Crippen molar-refractivity contribution in [1.29, 1.82) is 0 Å². The van der Waals surface area contributed by atoms with Crippen molar-refractivity contribution in [3.63, 3.8) is 0 Å². The van der Waals surface area contributed by atoms with E-state index in [0.717, 1.165) is 22.3 Å². The predicted molar refractivity (Wildman–Crippen MR) is 92.7 cm³/mol. The minimum Gasteiger partial charge on any atom is -0.465 e. The molecule has 3 nitrogen and oxygen atoms in total. The Morgan fingerprint density at radius 3 is 2.65 bits per heavy atom. The fraction of sp³-hybridized carbons (Fsp3) is 0.167. The van der Waals surface area contributed by atoms with Gasteiger partial charge in [0, 0.05) is 33.9 Å². The third-order valence-corrected chi connectivity index (χ3v) is 4.47. The molecule has 0 spiro atoms. The van der Waals surface area contributed by atoms with Gasteiger partial charge in [-0.3, -0.25) is 0 Å². The second-order valence-electron chi connectivity index (χ2n) is 5.39. The molecule has 23 heavy (non-hydrogen) atoms. The molecule has 0 saturated carbocycles. The van der Waals surface area contributed by atoms with Gasteiger partial charge in [-0.15, -0.1) is 0 Å². The summed E-state index contributed by atoms with van der Waals surface area (Å²) < 4.78 is 6.80. The number of fused-ring (bicyclic) bond motifs is 1. The van der Waals surface area contributed by atoms with Crippen molar-refractivity contribution in [3.8, 4) is 0 Å². The standard InChI is InChI=1S/C18H15Cl2NO2/c1-11-7-15-6-4-13(18(22)23-2)10-21(15)17(11)8-12-3-5-14(19)9-16(12)20/h3-7,9-10H,8H2,1-2H3. The SMILES string of the molecule is COC(=O)c1ccc2cc(C)c(Cc3ccc(Cl)cc3Cl)n2c1. The minimum atomic E-state index is -0.353. The van der Waals surface area contributed by atoms with Gasteiger partial charge in [-0.25, -0.2) is 4.79 Å². The number of halogens is 2. The first-order valence-corrected chi connectivity index (χ1v) is 7.88. The number of rotatable bonds is 3. The Balaban J connectivity index is 2.08. The molecule has 3 rings (SSSR count). The van der Waals surface area contributed by atoms with Crippen LogP contribution in [0.1, 0.15) is 27.2 Å². The number of benzene rings is 1. The van der Waals surface area contributed by atoms with Crippen LogP contribution in [0.2, 0.25) is 10.0 Å². The summed E-state index contributed by atoms with van der Waals surface area (Å²) in [5.41, 5.74) is 4.74. The van der Waals surface area contributed by atoms with Gasteiger partial charge in [-0.05, 0) is 48.4 Å². The van der Waals surface area contributed by atoms with Crippen molar-refractivity contribution in [1.82, 2.24) is 4.40 Å². The lowest BCUT2D eigenvalue weighted by Crippen LogP contribution is -2.04. The van der Waals surface area contributed by atoms with Crippen LogP contribution >= 0.6 is 23.2 Å². The lowest BCUT2D eigenvalue weighted by atomic mass is 10.1. The number of ether oxygens (including phenoxy) is 1. The number of carbonyl (C=O) groups is 1. The van der Waals surface area contributed by atoms with Crippen molar-refractivity contribution in [2.75, 3.05) is 7.11 Å². The molecule has 0 N–H and O–H groups in total. The number of pyridine rings is 1. The van der Waals surface area contributed by atoms with E-state index in [1.54, 1.807) is 18.3 Å². The average Bonchev–Trinajstić information content (AvgIpc) is 2.84. The maximum Gasteiger partial charge on any atom is 0.339 e. The Labute approximate surface area is 144 Å². The van der Waals surface area contributed by atoms with E-state index in [2.05, 4.69) is 6.07 Å². The molecule has 0 aliphatic heterocycles. The smallest absolute Gasteiger partial charge is 0.339 e. The van der Waals surface area contributed by atoms with Crippen LogP contribution in [0.5, 0.6) is 0 Å². The lowest BCUT2D eigenvalue weighted by Gasteiger charge is -2.08. The van der Waals surface area contributed by atoms with Crippen LogP contribution in [0.25, 0.3) is 5.52 Å². The van der Waals surface area contributed by atoms with Gasteiger partial charge in [0.2, 0.25) is 0 Å². The van der Waals surface area contributed by atoms with E-state index in [1.807, 2.05) is 29.5 Å². The molecular weight excluding hydrogens is 333 g/mol. The molecule has 2 aromatic heterocycles. The molecule has 0 saturated heterocycles. The fourth-order valence-corrected chi connectivity index (χ4v) is 3.14. The van der Waals surface area contributed by atoms with Gasteiger partial charge in [0.05, 0.1) is 12.7 Å². The summed E-state index contributed by atoms with van der Waals surface area (Å²) in [5.74, 6) is -0.353. The number of methoxy groups -OCH3 is 1. The molecule has 0 bridgehead atoms. The highest BCUT2D eigenvalue weighted by Gasteiger charge is 2.13. The fourth-order valence-electron chi connectivity index (χ4n) is 2.67. The number of hydrogen-bond acceptors (Lipinski definition) is 2. The first kappa shape index (κ1) is 15.9. The molecule has 0 radical (unpaired) electrons. The van der Waals surface area contributed by atoms with Crippen LogP contribution < -0.4 is 0 Å². The van der Waals surface area contributed by atoms with Gasteiger partial charge in [0.1, 0.15) is 0 Å². The Morgan fingerprint density at radius 2 is 1.96 bits per heavy atom. The average molecular weight is 348 g/mol. The van der Waals surface area contributed by atoms with Gasteiger partial charge < -0.3 is 9.14 Å². The molecule has 0 atom stereocenters. The van der Waals surface area contributed by atoms with Gasteiger partial charge in [-0.2, -0.15) is 0 Å². The Kier molecular flexibility index (Phi) is 4.33. The molecule has 0 fully saturated rings. The van der Waals surface area contributed by atoms with E-state index in [1.165, 1.54) is 7.11 Å². The summed E-state index contributed by atoms with van der Waals surface area (Å²) >= 11 is 12.2. The third-order valence-electron chi connectivity index (χ3n) is 3.88. The number of aryl methyl sites for hydroxylation is 1. The van der Waals surface area contributed by atoms with Crippen molar-refractivity contribution >= 4 is 34.7 Å². The molecular formula is C18H15Cl2NO2. The number of nitrogens with zero attached hydrogens (tertiary/aromatic N) is 1. The zero-order valence-electron chi connectivity index (χ0n) is 12.8. The number of carbonyl (C=O) groups excluding carboxylic acids is 1. The van der Waals surface area contributed by atoms with Gasteiger partial charge in [-0.1, -0.05) is 29.3 Å². The molecule has 118 valence electrons. The summed E-state index contributed by atoms with van der Waals surface area (Å²) in [6.07, 6.45) is 2.45. The first-order chi connectivity index (χ1) is 11.0. The normalized spacial score (nSPS) is 11.0. The molecule has 1 aromatic carbocycles. The number of hydrogen-bond donors (Lipinski definition) is 0. The van der Waals surface area contributed by atoms with Gasteiger partial charge >= 0.3 is 5.97 Å². The quantitative estimate of drug-likeness (QED) is 0.628. The minimum absolute atomic E-state index is 0.353. The van der Waals surface area contributed by atoms with Gasteiger partial charge in [0.15, 0.2) is 0 Å². The van der Waals surface area contributed by atoms with Crippen molar-refractivity contribution in [2.24, 2.45) is 0 Å². The largest absolute Gasteiger partial charge is 0.465 e. The van der Waals surface area contributed by atoms with Crippen molar-refractivity contribution < 1.29 is 9.53 Å². The highest BCUT2D eigenvalue weighted by Crippen LogP contribution is 2.26. The summed E-state index contributed by atoms with van der Waals surface area (Å²) in [4.78, 5) is 11.8. The highest BCUT2D eigenvalue weighted by molar-refractivity contribution is 6.35. The molecule has 0 amide bonds. The second-order valence-corrected chi connectivity index (χ2v) is 6.23. The van der Waals surface area contributed by atoms with E-state index < -0.39 is 0 Å². The van der Waals surface area contributed by atoms with Gasteiger partial charge in [0.25, 0.3) is 0 Å². The van der Waals surface area contributed by atoms with Crippen LogP contribution in [0, 0.1) is 6.92 Å². The zero-order valence-corrected chi connectivity index (χ0v) is 14.3. The van der Waals surface area contributed by atoms with E-state index in [-0.39, 0.29) is 5.97 Å². The summed E-state index contributed by atoms with van der Waals surface area (Å²) in [6.45, 7) is 2.05. The third kappa shape index (κ3) is 3.07. The van der Waals surface area contributed by atoms with Crippen LogP contribution in [0.15, 0.2) is 42.6 Å². The van der Waals surface area contributed by atoms with Crippen molar-refractivity contribution in [3.05, 3.63) is 75.0 Å². The predicted octanol–water partition coefficient (Wildman–Crippen LogP) is 4.93. The van der Waals surface area contributed by atoms with Crippen molar-refractivity contribution in [2.45, 2.75) is 13.3 Å². The van der Waals surface area contributed by atoms with E-state index in [9.17, 15) is 4.79 Å². The summed E-state index contributed by atoms with van der Waals surface area (Å²) in [7, 11) is 1.38. The number of esters is 1. The molecule has 0 aliphatic rings. The molecule has 3 aromatic rings. The van der Waals surface area contributed by atoms with Crippen LogP contribution in [0.3, 0.4) is 0 Å². The monoisotopic (exact) mass is 347 g/mol. The Hall–Kier alpha value is -1.97. The van der Waals surface area contributed by atoms with Crippen LogP contribution in [0.4, 0.5) is 0 Å². The topological polar surface area (TPSA) is 30.7 Å². The van der Waals surface area contributed by atoms with E-state index in [0.29, 0.717) is 22.0 Å².